The molecule has 0 aliphatic carbocycles. The second-order valence-corrected chi connectivity index (χ2v) is 5.23. The molecule has 0 aromatic heterocycles. The summed E-state index contributed by atoms with van der Waals surface area (Å²) >= 11 is 0. The van der Waals surface area contributed by atoms with Crippen LogP contribution in [0.15, 0.2) is 18.2 Å². The largest absolute Gasteiger partial charge is 0.384 e. The van der Waals surface area contributed by atoms with Crippen molar-refractivity contribution in [1.29, 1.82) is 0 Å². The number of aryl methyl sites for hydroxylation is 1. The summed E-state index contributed by atoms with van der Waals surface area (Å²) in [6.45, 7) is 6.00. The molecule has 1 atom stereocenters. The fourth-order valence-corrected chi connectivity index (χ4v) is 2.23. The highest BCUT2D eigenvalue weighted by molar-refractivity contribution is 5.93. The number of hydrogen-bond acceptors (Lipinski definition) is 2. The minimum atomic E-state index is -0.146. The summed E-state index contributed by atoms with van der Waals surface area (Å²) in [5, 5.41) is 11.7. The van der Waals surface area contributed by atoms with Gasteiger partial charge in [-0.2, -0.15) is 0 Å². The van der Waals surface area contributed by atoms with E-state index in [1.807, 2.05) is 25.1 Å². The van der Waals surface area contributed by atoms with Crippen LogP contribution in [0.4, 0.5) is 5.69 Å². The van der Waals surface area contributed by atoms with Crippen LogP contribution < -0.4 is 5.32 Å². The fourth-order valence-electron chi connectivity index (χ4n) is 2.23. The van der Waals surface area contributed by atoms with Crippen molar-refractivity contribution in [2.45, 2.75) is 46.5 Å². The zero-order chi connectivity index (χ0) is 15.7. The highest BCUT2D eigenvalue weighted by atomic mass is 16.2. The van der Waals surface area contributed by atoms with Crippen LogP contribution in [0.1, 0.15) is 50.7 Å². The van der Waals surface area contributed by atoms with E-state index in [0.717, 1.165) is 42.5 Å². The highest BCUT2D eigenvalue weighted by Crippen LogP contribution is 2.20. The predicted molar refractivity (Wildman–Crippen MR) is 87.1 cm³/mol. The minimum Gasteiger partial charge on any atom is -0.384 e. The lowest BCUT2D eigenvalue weighted by Gasteiger charge is -2.16. The Labute approximate surface area is 127 Å². The monoisotopic (exact) mass is 287 g/mol. The molecule has 21 heavy (non-hydrogen) atoms. The number of amides is 1. The standard InChI is InChI=1S/C18H25NO2/c1-4-6-9-16(5-2)18(21)19-17-11-10-15(8-7-12-20)13-14(17)3/h10-11,13,16,20H,4-6,9,12H2,1-3H3,(H,19,21). The van der Waals surface area contributed by atoms with Gasteiger partial charge in [0.25, 0.3) is 0 Å². The van der Waals surface area contributed by atoms with Gasteiger partial charge in [-0.1, -0.05) is 38.5 Å². The summed E-state index contributed by atoms with van der Waals surface area (Å²) < 4.78 is 0. The average Bonchev–Trinajstić information content (AvgIpc) is 2.48. The molecule has 1 amide bonds. The van der Waals surface area contributed by atoms with Crippen LogP contribution in [0, 0.1) is 24.7 Å². The van der Waals surface area contributed by atoms with Crippen molar-refractivity contribution >= 4 is 11.6 Å². The van der Waals surface area contributed by atoms with Crippen LogP contribution in [0.2, 0.25) is 0 Å². The molecule has 0 bridgehead atoms. The van der Waals surface area contributed by atoms with E-state index in [1.54, 1.807) is 0 Å². The molecular weight excluding hydrogens is 262 g/mol. The second-order valence-electron chi connectivity index (χ2n) is 5.23. The van der Waals surface area contributed by atoms with Gasteiger partial charge >= 0.3 is 0 Å². The molecule has 3 nitrogen and oxygen atoms in total. The van der Waals surface area contributed by atoms with Gasteiger partial charge in [0.15, 0.2) is 0 Å². The highest BCUT2D eigenvalue weighted by Gasteiger charge is 2.16. The third kappa shape index (κ3) is 5.61. The molecule has 3 heteroatoms. The van der Waals surface area contributed by atoms with Gasteiger partial charge in [0.05, 0.1) is 0 Å². The summed E-state index contributed by atoms with van der Waals surface area (Å²) in [7, 11) is 0. The van der Waals surface area contributed by atoms with E-state index in [0.29, 0.717) is 0 Å². The van der Waals surface area contributed by atoms with E-state index in [9.17, 15) is 4.79 Å². The van der Waals surface area contributed by atoms with Crippen molar-refractivity contribution in [3.63, 3.8) is 0 Å². The molecule has 0 saturated heterocycles. The zero-order valence-corrected chi connectivity index (χ0v) is 13.2. The van der Waals surface area contributed by atoms with Crippen LogP contribution >= 0.6 is 0 Å². The number of rotatable bonds is 6. The average molecular weight is 287 g/mol. The quantitative estimate of drug-likeness (QED) is 0.787. The van der Waals surface area contributed by atoms with Crippen molar-refractivity contribution < 1.29 is 9.90 Å². The van der Waals surface area contributed by atoms with E-state index in [-0.39, 0.29) is 18.4 Å². The van der Waals surface area contributed by atoms with E-state index >= 15 is 0 Å². The maximum absolute atomic E-state index is 12.3. The Morgan fingerprint density at radius 3 is 2.71 bits per heavy atom. The topological polar surface area (TPSA) is 49.3 Å². The molecule has 0 saturated carbocycles. The molecule has 1 aromatic carbocycles. The van der Waals surface area contributed by atoms with Gasteiger partial charge in [-0.05, 0) is 43.5 Å². The van der Waals surface area contributed by atoms with Crippen LogP contribution in [0.5, 0.6) is 0 Å². The molecule has 0 spiro atoms. The van der Waals surface area contributed by atoms with Gasteiger partial charge in [0.2, 0.25) is 5.91 Å². The smallest absolute Gasteiger partial charge is 0.227 e. The van der Waals surface area contributed by atoms with Crippen molar-refractivity contribution in [3.05, 3.63) is 29.3 Å². The van der Waals surface area contributed by atoms with E-state index in [1.165, 1.54) is 0 Å². The minimum absolute atomic E-state index is 0.0817. The van der Waals surface area contributed by atoms with Crippen molar-refractivity contribution in [2.75, 3.05) is 11.9 Å². The van der Waals surface area contributed by atoms with Gasteiger partial charge in [0.1, 0.15) is 6.61 Å². The van der Waals surface area contributed by atoms with Crippen LogP contribution in [0.3, 0.4) is 0 Å². The Morgan fingerprint density at radius 2 is 2.14 bits per heavy atom. The number of unbranched alkanes of at least 4 members (excludes halogenated alkanes) is 1. The van der Waals surface area contributed by atoms with Gasteiger partial charge in [-0.3, -0.25) is 4.79 Å². The first-order chi connectivity index (χ1) is 10.1. The van der Waals surface area contributed by atoms with E-state index in [4.69, 9.17) is 5.11 Å². The first kappa shape index (κ1) is 17.3. The molecule has 1 unspecified atom stereocenters. The summed E-state index contributed by atoms with van der Waals surface area (Å²) in [4.78, 5) is 12.3. The van der Waals surface area contributed by atoms with Crippen molar-refractivity contribution in [3.8, 4) is 11.8 Å². The lowest BCUT2D eigenvalue weighted by Crippen LogP contribution is -2.22. The summed E-state index contributed by atoms with van der Waals surface area (Å²) in [5.74, 6) is 5.67. The molecule has 114 valence electrons. The Hall–Kier alpha value is -1.79. The predicted octanol–water partition coefficient (Wildman–Crippen LogP) is 3.49. The third-order valence-electron chi connectivity index (χ3n) is 3.57. The lowest BCUT2D eigenvalue weighted by atomic mass is 9.98. The van der Waals surface area contributed by atoms with Crippen LogP contribution in [0.25, 0.3) is 0 Å². The van der Waals surface area contributed by atoms with Gasteiger partial charge in [0, 0.05) is 17.2 Å². The van der Waals surface area contributed by atoms with Crippen LogP contribution in [-0.2, 0) is 4.79 Å². The normalized spacial score (nSPS) is 11.4. The number of aliphatic hydroxyl groups is 1. The number of anilines is 1. The Kier molecular flexibility index (Phi) is 7.56. The molecule has 0 fully saturated rings. The number of hydrogen-bond donors (Lipinski definition) is 2. The molecule has 0 heterocycles. The number of carbonyl (C=O) groups is 1. The maximum atomic E-state index is 12.3. The number of carbonyl (C=O) groups excluding carboxylic acids is 1. The third-order valence-corrected chi connectivity index (χ3v) is 3.57. The zero-order valence-electron chi connectivity index (χ0n) is 13.2. The summed E-state index contributed by atoms with van der Waals surface area (Å²) in [6.07, 6.45) is 4.00. The molecule has 0 radical (unpaired) electrons. The van der Waals surface area contributed by atoms with Gasteiger partial charge < -0.3 is 10.4 Å². The molecule has 0 aliphatic rings. The molecular formula is C18H25NO2. The Balaban J connectivity index is 2.75. The maximum Gasteiger partial charge on any atom is 0.227 e. The van der Waals surface area contributed by atoms with Crippen molar-refractivity contribution in [1.82, 2.24) is 0 Å². The number of nitrogens with one attached hydrogen (secondary N) is 1. The van der Waals surface area contributed by atoms with Gasteiger partial charge in [-0.15, -0.1) is 0 Å². The molecule has 2 N–H and O–H groups in total. The van der Waals surface area contributed by atoms with E-state index < -0.39 is 0 Å². The lowest BCUT2D eigenvalue weighted by molar-refractivity contribution is -0.120. The van der Waals surface area contributed by atoms with Gasteiger partial charge in [-0.25, -0.2) is 0 Å². The molecule has 0 aliphatic heterocycles. The van der Waals surface area contributed by atoms with Crippen molar-refractivity contribution in [2.24, 2.45) is 5.92 Å². The molecule has 1 rings (SSSR count). The SMILES string of the molecule is CCCCC(CC)C(=O)Nc1ccc(C#CCO)cc1C. The number of aliphatic hydroxyl groups excluding tert-OH is 1. The summed E-state index contributed by atoms with van der Waals surface area (Å²) in [5.41, 5.74) is 2.67. The number of benzene rings is 1. The fraction of sp³-hybridized carbons (Fsp3) is 0.500. The van der Waals surface area contributed by atoms with E-state index in [2.05, 4.69) is 31.0 Å². The Morgan fingerprint density at radius 1 is 1.38 bits per heavy atom. The summed E-state index contributed by atoms with van der Waals surface area (Å²) in [6, 6.07) is 5.66. The second kappa shape index (κ2) is 9.20. The Bertz CT molecular complexity index is 526. The first-order valence-corrected chi connectivity index (χ1v) is 7.63. The molecule has 1 aromatic rings. The first-order valence-electron chi connectivity index (χ1n) is 7.63. The van der Waals surface area contributed by atoms with Crippen LogP contribution in [-0.4, -0.2) is 17.6 Å².